The normalized spacial score (nSPS) is 24.6. The summed E-state index contributed by atoms with van der Waals surface area (Å²) in [7, 11) is -3.64. The maximum atomic E-state index is 13.6. The molecule has 1 amide bonds. The Balaban J connectivity index is 1.53. The van der Waals surface area contributed by atoms with E-state index in [1.807, 2.05) is 0 Å². The molecule has 3 aliphatic heterocycles. The van der Waals surface area contributed by atoms with Gasteiger partial charge in [-0.3, -0.25) is 9.59 Å². The van der Waals surface area contributed by atoms with Gasteiger partial charge in [-0.05, 0) is 67.6 Å². The largest absolute Gasteiger partial charge is 0.507 e. The van der Waals surface area contributed by atoms with E-state index in [2.05, 4.69) is 0 Å². The molecule has 0 radical (unpaired) electrons. The standard InChI is InChI=1S/C26H27FN2O6S/c27-19-9-5-17(6-10-19)23-22(25(31)26(32)29(23)16-20-4-3-15-35-20)24(30)18-7-11-21(12-8-18)36(33,34)28-13-1-2-14-28/h5-12,20,23,30H,1-4,13-16H2/t20-,23+/m1/s1. The molecule has 2 atom stereocenters. The van der Waals surface area contributed by atoms with Crippen LogP contribution < -0.4 is 0 Å². The number of hydrogen-bond donors (Lipinski definition) is 1. The van der Waals surface area contributed by atoms with Crippen molar-refractivity contribution in [3.63, 3.8) is 0 Å². The first kappa shape index (κ1) is 24.6. The van der Waals surface area contributed by atoms with E-state index in [0.717, 1.165) is 25.7 Å². The minimum Gasteiger partial charge on any atom is -0.507 e. The molecule has 0 spiro atoms. The average Bonchev–Trinajstić information content (AvgIpc) is 3.64. The first-order valence-electron chi connectivity index (χ1n) is 12.0. The first-order valence-corrected chi connectivity index (χ1v) is 13.5. The van der Waals surface area contributed by atoms with Crippen LogP contribution in [0.3, 0.4) is 0 Å². The third-order valence-corrected chi connectivity index (χ3v) is 8.89. The lowest BCUT2D eigenvalue weighted by atomic mass is 9.95. The lowest BCUT2D eigenvalue weighted by Crippen LogP contribution is -2.36. The Hall–Kier alpha value is -3.08. The molecule has 2 aromatic carbocycles. The molecule has 10 heteroatoms. The highest BCUT2D eigenvalue weighted by Crippen LogP contribution is 2.40. The molecule has 3 fully saturated rings. The molecule has 2 aromatic rings. The Morgan fingerprint density at radius 2 is 1.67 bits per heavy atom. The Kier molecular flexibility index (Phi) is 6.67. The highest BCUT2D eigenvalue weighted by molar-refractivity contribution is 7.89. The van der Waals surface area contributed by atoms with Gasteiger partial charge in [-0.2, -0.15) is 4.31 Å². The van der Waals surface area contributed by atoms with Crippen molar-refractivity contribution in [2.75, 3.05) is 26.2 Å². The van der Waals surface area contributed by atoms with Gasteiger partial charge in [0.2, 0.25) is 10.0 Å². The number of benzene rings is 2. The van der Waals surface area contributed by atoms with Gasteiger partial charge < -0.3 is 14.7 Å². The molecule has 8 nitrogen and oxygen atoms in total. The molecule has 0 bridgehead atoms. The second kappa shape index (κ2) is 9.76. The van der Waals surface area contributed by atoms with E-state index in [9.17, 15) is 27.5 Å². The van der Waals surface area contributed by atoms with Crippen molar-refractivity contribution in [1.29, 1.82) is 0 Å². The van der Waals surface area contributed by atoms with Crippen LogP contribution in [0.4, 0.5) is 4.39 Å². The van der Waals surface area contributed by atoms with Crippen molar-refractivity contribution in [3.8, 4) is 0 Å². The Morgan fingerprint density at radius 3 is 2.28 bits per heavy atom. The number of sulfonamides is 1. The number of hydrogen-bond acceptors (Lipinski definition) is 6. The molecule has 3 aliphatic rings. The van der Waals surface area contributed by atoms with E-state index >= 15 is 0 Å². The van der Waals surface area contributed by atoms with Crippen LogP contribution in [0.5, 0.6) is 0 Å². The van der Waals surface area contributed by atoms with Gasteiger partial charge >= 0.3 is 0 Å². The lowest BCUT2D eigenvalue weighted by molar-refractivity contribution is -0.140. The lowest BCUT2D eigenvalue weighted by Gasteiger charge is -2.27. The molecule has 0 unspecified atom stereocenters. The smallest absolute Gasteiger partial charge is 0.295 e. The summed E-state index contributed by atoms with van der Waals surface area (Å²) >= 11 is 0. The van der Waals surface area contributed by atoms with Crippen LogP contribution in [-0.2, 0) is 24.3 Å². The summed E-state index contributed by atoms with van der Waals surface area (Å²) in [5.74, 6) is -2.50. The number of aliphatic hydroxyl groups excluding tert-OH is 1. The maximum absolute atomic E-state index is 13.6. The molecule has 0 saturated carbocycles. The van der Waals surface area contributed by atoms with Crippen molar-refractivity contribution in [2.45, 2.75) is 42.7 Å². The topological polar surface area (TPSA) is 104 Å². The maximum Gasteiger partial charge on any atom is 0.295 e. The Labute approximate surface area is 209 Å². The molecule has 5 rings (SSSR count). The van der Waals surface area contributed by atoms with Gasteiger partial charge in [-0.1, -0.05) is 12.1 Å². The van der Waals surface area contributed by atoms with Crippen LogP contribution in [0.1, 0.15) is 42.9 Å². The molecule has 3 saturated heterocycles. The molecular weight excluding hydrogens is 487 g/mol. The van der Waals surface area contributed by atoms with Crippen LogP contribution in [0.25, 0.3) is 5.76 Å². The number of carbonyl (C=O) groups excluding carboxylic acids is 2. The van der Waals surface area contributed by atoms with E-state index in [-0.39, 0.29) is 28.7 Å². The van der Waals surface area contributed by atoms with Crippen LogP contribution in [-0.4, -0.2) is 66.8 Å². The molecule has 190 valence electrons. The summed E-state index contributed by atoms with van der Waals surface area (Å²) in [6, 6.07) is 10.1. The van der Waals surface area contributed by atoms with Gasteiger partial charge in [0.05, 0.1) is 22.6 Å². The van der Waals surface area contributed by atoms with Crippen molar-refractivity contribution < 1.29 is 32.2 Å². The summed E-state index contributed by atoms with van der Waals surface area (Å²) in [4.78, 5) is 27.6. The minimum absolute atomic E-state index is 0.0925. The van der Waals surface area contributed by atoms with E-state index in [1.54, 1.807) is 0 Å². The van der Waals surface area contributed by atoms with Gasteiger partial charge in [0.25, 0.3) is 11.7 Å². The van der Waals surface area contributed by atoms with Gasteiger partial charge in [-0.15, -0.1) is 0 Å². The SMILES string of the molecule is O=C1C(=O)N(C[C@H]2CCCO2)[C@@H](c2ccc(F)cc2)C1=C(O)c1ccc(S(=O)(=O)N2CCCC2)cc1. The Morgan fingerprint density at radius 1 is 1.00 bits per heavy atom. The van der Waals surface area contributed by atoms with Crippen LogP contribution in [0.2, 0.25) is 0 Å². The predicted octanol–water partition coefficient (Wildman–Crippen LogP) is 3.21. The van der Waals surface area contributed by atoms with Crippen molar-refractivity contribution in [3.05, 3.63) is 71.0 Å². The van der Waals surface area contributed by atoms with Crippen LogP contribution in [0.15, 0.2) is 59.0 Å². The zero-order chi connectivity index (χ0) is 25.4. The summed E-state index contributed by atoms with van der Waals surface area (Å²) in [5.41, 5.74) is 0.556. The molecule has 36 heavy (non-hydrogen) atoms. The number of Topliss-reactive ketones (excluding diaryl/α,β-unsaturated/α-hetero) is 1. The number of ether oxygens (including phenoxy) is 1. The fraction of sp³-hybridized carbons (Fsp3) is 0.385. The fourth-order valence-electron chi connectivity index (χ4n) is 5.09. The van der Waals surface area contributed by atoms with Crippen molar-refractivity contribution >= 4 is 27.5 Å². The van der Waals surface area contributed by atoms with Gasteiger partial charge in [-0.25, -0.2) is 12.8 Å². The molecule has 0 aliphatic carbocycles. The summed E-state index contributed by atoms with van der Waals surface area (Å²) in [5, 5.41) is 11.2. The number of halogens is 1. The number of carbonyl (C=O) groups is 2. The van der Waals surface area contributed by atoms with Crippen LogP contribution in [0, 0.1) is 5.82 Å². The van der Waals surface area contributed by atoms with E-state index in [1.165, 1.54) is 57.7 Å². The fourth-order valence-corrected chi connectivity index (χ4v) is 6.60. The van der Waals surface area contributed by atoms with Crippen molar-refractivity contribution in [1.82, 2.24) is 9.21 Å². The molecule has 0 aromatic heterocycles. The van der Waals surface area contributed by atoms with Gasteiger partial charge in [0, 0.05) is 31.8 Å². The minimum atomic E-state index is -3.64. The zero-order valence-electron chi connectivity index (χ0n) is 19.6. The third kappa shape index (κ3) is 4.44. The number of likely N-dealkylation sites (tertiary alicyclic amines) is 1. The number of ketones is 1. The zero-order valence-corrected chi connectivity index (χ0v) is 20.4. The third-order valence-electron chi connectivity index (χ3n) is 6.98. The number of aliphatic hydroxyl groups is 1. The molecule has 1 N–H and O–H groups in total. The van der Waals surface area contributed by atoms with Gasteiger partial charge in [0.15, 0.2) is 0 Å². The van der Waals surface area contributed by atoms with Crippen LogP contribution >= 0.6 is 0 Å². The number of rotatable bonds is 6. The van der Waals surface area contributed by atoms with Gasteiger partial charge in [0.1, 0.15) is 11.6 Å². The molecular formula is C26H27FN2O6S. The summed E-state index contributed by atoms with van der Waals surface area (Å²) < 4.78 is 46.4. The monoisotopic (exact) mass is 514 g/mol. The highest BCUT2D eigenvalue weighted by Gasteiger charge is 2.47. The second-order valence-corrected chi connectivity index (χ2v) is 11.2. The average molecular weight is 515 g/mol. The van der Waals surface area contributed by atoms with E-state index < -0.39 is 39.3 Å². The van der Waals surface area contributed by atoms with Crippen molar-refractivity contribution in [2.24, 2.45) is 0 Å². The predicted molar refractivity (Wildman–Crippen MR) is 129 cm³/mol. The highest BCUT2D eigenvalue weighted by atomic mass is 32.2. The first-order chi connectivity index (χ1) is 17.3. The second-order valence-electron chi connectivity index (χ2n) is 9.27. The van der Waals surface area contributed by atoms with E-state index in [4.69, 9.17) is 4.74 Å². The number of amides is 1. The molecule has 3 heterocycles. The number of nitrogens with zero attached hydrogens (tertiary/aromatic N) is 2. The summed E-state index contributed by atoms with van der Waals surface area (Å²) in [6.07, 6.45) is 2.98. The quantitative estimate of drug-likeness (QED) is 0.361. The van der Waals surface area contributed by atoms with E-state index in [0.29, 0.717) is 25.3 Å². The summed E-state index contributed by atoms with van der Waals surface area (Å²) in [6.45, 7) is 1.67. The Bertz CT molecular complexity index is 1290.